The Morgan fingerprint density at radius 3 is 2.52 bits per heavy atom. The number of halogens is 1. The van der Waals surface area contributed by atoms with Gasteiger partial charge in [-0.3, -0.25) is 9.69 Å². The van der Waals surface area contributed by atoms with Gasteiger partial charge >= 0.3 is 6.09 Å². The average molecular weight is 382 g/mol. The van der Waals surface area contributed by atoms with E-state index in [0.29, 0.717) is 19.4 Å². The van der Waals surface area contributed by atoms with Crippen molar-refractivity contribution in [1.82, 2.24) is 4.90 Å². The molecule has 126 valence electrons. The van der Waals surface area contributed by atoms with Crippen molar-refractivity contribution in [2.75, 3.05) is 6.54 Å². The molecule has 1 amide bonds. The highest BCUT2D eigenvalue weighted by atomic mass is 79.9. The summed E-state index contributed by atoms with van der Waals surface area (Å²) in [6.45, 7) is 6.12. The largest absolute Gasteiger partial charge is 0.444 e. The Balaban J connectivity index is 1.92. The standard InChI is InChI=1S/C18H24BrNO3/c1-18(2,3)23-17(22)20-12-4-5-15(20)16(21)11-8-13-6-9-14(19)10-7-13/h6-7,9-10,15H,4-5,8,11-12H2,1-3H3/t15-/m0/s1. The van der Waals surface area contributed by atoms with Crippen molar-refractivity contribution in [2.45, 2.75) is 58.1 Å². The predicted octanol–water partition coefficient (Wildman–Crippen LogP) is 4.35. The van der Waals surface area contributed by atoms with Crippen LogP contribution in [0.2, 0.25) is 0 Å². The van der Waals surface area contributed by atoms with Gasteiger partial charge in [0.2, 0.25) is 0 Å². The summed E-state index contributed by atoms with van der Waals surface area (Å²) in [5.41, 5.74) is 0.591. The first-order chi connectivity index (χ1) is 10.8. The van der Waals surface area contributed by atoms with Crippen molar-refractivity contribution in [3.8, 4) is 0 Å². The summed E-state index contributed by atoms with van der Waals surface area (Å²) in [5, 5.41) is 0. The number of aryl methyl sites for hydroxylation is 1. The number of carbonyl (C=O) groups is 2. The van der Waals surface area contributed by atoms with Gasteiger partial charge in [-0.2, -0.15) is 0 Å². The number of hydrogen-bond acceptors (Lipinski definition) is 3. The van der Waals surface area contributed by atoms with E-state index in [9.17, 15) is 9.59 Å². The monoisotopic (exact) mass is 381 g/mol. The fourth-order valence-corrected chi connectivity index (χ4v) is 2.99. The minimum absolute atomic E-state index is 0.122. The molecule has 1 aliphatic heterocycles. The van der Waals surface area contributed by atoms with Crippen LogP contribution in [0.3, 0.4) is 0 Å². The van der Waals surface area contributed by atoms with Gasteiger partial charge in [0.05, 0.1) is 6.04 Å². The van der Waals surface area contributed by atoms with Crippen LogP contribution in [-0.4, -0.2) is 35.0 Å². The molecule has 0 saturated carbocycles. The third-order valence-corrected chi connectivity index (χ3v) is 4.35. The molecule has 1 fully saturated rings. The van der Waals surface area contributed by atoms with Gasteiger partial charge in [0.15, 0.2) is 5.78 Å². The molecule has 1 aromatic rings. The van der Waals surface area contributed by atoms with E-state index in [4.69, 9.17) is 4.74 Å². The Hall–Kier alpha value is -1.36. The minimum atomic E-state index is -0.537. The van der Waals surface area contributed by atoms with Crippen LogP contribution in [0.15, 0.2) is 28.7 Å². The molecule has 1 heterocycles. The lowest BCUT2D eigenvalue weighted by Gasteiger charge is -2.28. The van der Waals surface area contributed by atoms with Crippen LogP contribution in [0.1, 0.15) is 45.6 Å². The fraction of sp³-hybridized carbons (Fsp3) is 0.556. The van der Waals surface area contributed by atoms with Gasteiger partial charge in [-0.15, -0.1) is 0 Å². The summed E-state index contributed by atoms with van der Waals surface area (Å²) >= 11 is 3.40. The van der Waals surface area contributed by atoms with Gasteiger partial charge in [0.25, 0.3) is 0 Å². The molecule has 1 aromatic carbocycles. The third kappa shape index (κ3) is 5.34. The Labute approximate surface area is 146 Å². The zero-order valence-electron chi connectivity index (χ0n) is 14.0. The number of nitrogens with zero attached hydrogens (tertiary/aromatic N) is 1. The highest BCUT2D eigenvalue weighted by Crippen LogP contribution is 2.23. The van der Waals surface area contributed by atoms with Crippen LogP contribution >= 0.6 is 15.9 Å². The second-order valence-corrected chi connectivity index (χ2v) is 7.84. The first-order valence-corrected chi connectivity index (χ1v) is 8.82. The van der Waals surface area contributed by atoms with Crippen LogP contribution in [0, 0.1) is 0 Å². The predicted molar refractivity (Wildman–Crippen MR) is 93.4 cm³/mol. The smallest absolute Gasteiger partial charge is 0.410 e. The number of ether oxygens (including phenoxy) is 1. The van der Waals surface area contributed by atoms with Gasteiger partial charge in [-0.25, -0.2) is 4.79 Å². The molecule has 0 aromatic heterocycles. The number of benzene rings is 1. The molecule has 1 saturated heterocycles. The zero-order valence-corrected chi connectivity index (χ0v) is 15.6. The van der Waals surface area contributed by atoms with Crippen molar-refractivity contribution in [3.63, 3.8) is 0 Å². The molecule has 0 bridgehead atoms. The highest BCUT2D eigenvalue weighted by Gasteiger charge is 2.35. The third-order valence-electron chi connectivity index (χ3n) is 3.83. The Bertz CT molecular complexity index is 563. The quantitative estimate of drug-likeness (QED) is 0.778. The van der Waals surface area contributed by atoms with Crippen LogP contribution in [0.4, 0.5) is 4.79 Å². The molecule has 0 spiro atoms. The second kappa shape index (κ2) is 7.47. The lowest BCUT2D eigenvalue weighted by Crippen LogP contribution is -2.43. The number of rotatable bonds is 4. The van der Waals surface area contributed by atoms with E-state index in [1.54, 1.807) is 4.90 Å². The number of carbonyl (C=O) groups excluding carboxylic acids is 2. The first-order valence-electron chi connectivity index (χ1n) is 8.03. The van der Waals surface area contributed by atoms with E-state index in [1.165, 1.54) is 0 Å². The molecule has 0 radical (unpaired) electrons. The summed E-state index contributed by atoms with van der Waals surface area (Å²) in [7, 11) is 0. The van der Waals surface area contributed by atoms with Crippen LogP contribution in [0.25, 0.3) is 0 Å². The number of hydrogen-bond donors (Lipinski definition) is 0. The Morgan fingerprint density at radius 2 is 1.91 bits per heavy atom. The van der Waals surface area contributed by atoms with Crippen LogP contribution < -0.4 is 0 Å². The summed E-state index contributed by atoms with van der Waals surface area (Å²) in [6, 6.07) is 7.64. The second-order valence-electron chi connectivity index (χ2n) is 6.92. The number of amides is 1. The molecular weight excluding hydrogens is 358 g/mol. The highest BCUT2D eigenvalue weighted by molar-refractivity contribution is 9.10. The normalized spacial score (nSPS) is 18.1. The lowest BCUT2D eigenvalue weighted by molar-refractivity contribution is -0.123. The molecule has 0 N–H and O–H groups in total. The van der Waals surface area contributed by atoms with E-state index in [-0.39, 0.29) is 17.9 Å². The van der Waals surface area contributed by atoms with E-state index >= 15 is 0 Å². The van der Waals surface area contributed by atoms with E-state index in [1.807, 2.05) is 45.0 Å². The summed E-state index contributed by atoms with van der Waals surface area (Å²) in [5.74, 6) is 0.122. The van der Waals surface area contributed by atoms with Crippen molar-refractivity contribution < 1.29 is 14.3 Å². The molecule has 1 aliphatic rings. The molecule has 4 nitrogen and oxygen atoms in total. The molecule has 2 rings (SSSR count). The molecule has 0 unspecified atom stereocenters. The molecular formula is C18H24BrNO3. The number of ketones is 1. The summed E-state index contributed by atoms with van der Waals surface area (Å²) in [6.07, 6.45) is 2.36. The Morgan fingerprint density at radius 1 is 1.26 bits per heavy atom. The van der Waals surface area contributed by atoms with Gasteiger partial charge in [-0.05, 0) is 57.7 Å². The van der Waals surface area contributed by atoms with Crippen LogP contribution in [0.5, 0.6) is 0 Å². The zero-order chi connectivity index (χ0) is 17.0. The lowest BCUT2D eigenvalue weighted by atomic mass is 10.0. The van der Waals surface area contributed by atoms with Gasteiger partial charge in [-0.1, -0.05) is 28.1 Å². The molecule has 23 heavy (non-hydrogen) atoms. The fourth-order valence-electron chi connectivity index (χ4n) is 2.73. The van der Waals surface area contributed by atoms with Crippen molar-refractivity contribution in [1.29, 1.82) is 0 Å². The average Bonchev–Trinajstić information content (AvgIpc) is 2.94. The van der Waals surface area contributed by atoms with Crippen LogP contribution in [-0.2, 0) is 16.0 Å². The summed E-state index contributed by atoms with van der Waals surface area (Å²) in [4.78, 5) is 26.3. The summed E-state index contributed by atoms with van der Waals surface area (Å²) < 4.78 is 6.43. The van der Waals surface area contributed by atoms with Gasteiger partial charge in [0.1, 0.15) is 5.60 Å². The molecule has 1 atom stereocenters. The topological polar surface area (TPSA) is 46.6 Å². The maximum atomic E-state index is 12.5. The Kier molecular flexibility index (Phi) is 5.84. The molecule has 5 heteroatoms. The first kappa shape index (κ1) is 18.0. The van der Waals surface area contributed by atoms with Crippen molar-refractivity contribution >= 4 is 27.8 Å². The van der Waals surface area contributed by atoms with Gasteiger partial charge in [0, 0.05) is 17.4 Å². The van der Waals surface area contributed by atoms with Crippen molar-refractivity contribution in [2.24, 2.45) is 0 Å². The maximum absolute atomic E-state index is 12.5. The van der Waals surface area contributed by atoms with E-state index < -0.39 is 5.60 Å². The van der Waals surface area contributed by atoms with E-state index in [0.717, 1.165) is 22.9 Å². The minimum Gasteiger partial charge on any atom is -0.444 e. The number of likely N-dealkylation sites (tertiary alicyclic amines) is 1. The number of Topliss-reactive ketones (excluding diaryl/α,β-unsaturated/α-hetero) is 1. The SMILES string of the molecule is CC(C)(C)OC(=O)N1CCC[C@H]1C(=O)CCc1ccc(Br)cc1. The van der Waals surface area contributed by atoms with E-state index in [2.05, 4.69) is 15.9 Å². The maximum Gasteiger partial charge on any atom is 0.410 e. The van der Waals surface area contributed by atoms with Crippen molar-refractivity contribution in [3.05, 3.63) is 34.3 Å². The van der Waals surface area contributed by atoms with Gasteiger partial charge < -0.3 is 4.74 Å². The molecule has 0 aliphatic carbocycles.